The Balaban J connectivity index is 2.09. The number of nitrogen functional groups attached to an aromatic ring is 1. The summed E-state index contributed by atoms with van der Waals surface area (Å²) in [6.45, 7) is 0. The first kappa shape index (κ1) is 13.6. The van der Waals surface area contributed by atoms with Crippen LogP contribution in [-0.2, 0) is 0 Å². The standard InChI is InChI=1S/C13H10F3NOS/c14-13(15,16)19-10-7-5-9(6-8-10)18-12-4-2-1-3-11(12)17/h1-8H,17H2. The molecule has 0 saturated carbocycles. The third-order valence-corrected chi connectivity index (χ3v) is 2.94. The fraction of sp³-hybridized carbons (Fsp3) is 0.0769. The van der Waals surface area contributed by atoms with Crippen molar-refractivity contribution in [3.63, 3.8) is 0 Å². The smallest absolute Gasteiger partial charge is 0.446 e. The Morgan fingerprint density at radius 3 is 2.16 bits per heavy atom. The molecule has 0 saturated heterocycles. The number of nitrogens with two attached hydrogens (primary N) is 1. The molecular formula is C13H10F3NOS. The zero-order chi connectivity index (χ0) is 13.9. The van der Waals surface area contributed by atoms with Crippen LogP contribution in [0.5, 0.6) is 11.5 Å². The first-order valence-electron chi connectivity index (χ1n) is 5.32. The Labute approximate surface area is 112 Å². The SMILES string of the molecule is Nc1ccccc1Oc1ccc(SC(F)(F)F)cc1. The minimum atomic E-state index is -4.29. The van der Waals surface area contributed by atoms with Gasteiger partial charge in [0.05, 0.1) is 5.69 Å². The lowest BCUT2D eigenvalue weighted by Gasteiger charge is -2.09. The van der Waals surface area contributed by atoms with Crippen molar-refractivity contribution in [1.82, 2.24) is 0 Å². The summed E-state index contributed by atoms with van der Waals surface area (Å²) < 4.78 is 41.9. The van der Waals surface area contributed by atoms with E-state index in [9.17, 15) is 13.2 Å². The van der Waals surface area contributed by atoms with Crippen LogP contribution in [0.25, 0.3) is 0 Å². The van der Waals surface area contributed by atoms with Gasteiger partial charge in [-0.15, -0.1) is 0 Å². The average Bonchev–Trinajstić information content (AvgIpc) is 2.33. The summed E-state index contributed by atoms with van der Waals surface area (Å²) in [6.07, 6.45) is 0. The van der Waals surface area contributed by atoms with Crippen molar-refractivity contribution < 1.29 is 17.9 Å². The number of hydrogen-bond donors (Lipinski definition) is 1. The molecule has 0 aliphatic heterocycles. The van der Waals surface area contributed by atoms with Gasteiger partial charge in [-0.1, -0.05) is 12.1 Å². The van der Waals surface area contributed by atoms with Crippen LogP contribution in [0.1, 0.15) is 0 Å². The van der Waals surface area contributed by atoms with E-state index in [1.54, 1.807) is 24.3 Å². The zero-order valence-corrected chi connectivity index (χ0v) is 10.5. The van der Waals surface area contributed by atoms with Gasteiger partial charge in [0.2, 0.25) is 0 Å². The van der Waals surface area contributed by atoms with Gasteiger partial charge in [-0.2, -0.15) is 13.2 Å². The highest BCUT2D eigenvalue weighted by Gasteiger charge is 2.29. The molecule has 0 fully saturated rings. The predicted octanol–water partition coefficient (Wildman–Crippen LogP) is 4.67. The van der Waals surface area contributed by atoms with Crippen LogP contribution in [0.2, 0.25) is 0 Å². The van der Waals surface area contributed by atoms with Crippen molar-refractivity contribution in [3.8, 4) is 11.5 Å². The Morgan fingerprint density at radius 2 is 1.58 bits per heavy atom. The molecule has 19 heavy (non-hydrogen) atoms. The molecule has 100 valence electrons. The van der Waals surface area contributed by atoms with Crippen molar-refractivity contribution in [2.75, 3.05) is 5.73 Å². The number of thioether (sulfide) groups is 1. The van der Waals surface area contributed by atoms with Crippen LogP contribution in [0, 0.1) is 0 Å². The highest BCUT2D eigenvalue weighted by atomic mass is 32.2. The van der Waals surface area contributed by atoms with E-state index in [1.807, 2.05) is 0 Å². The van der Waals surface area contributed by atoms with Crippen LogP contribution in [-0.4, -0.2) is 5.51 Å². The van der Waals surface area contributed by atoms with Gasteiger partial charge in [0, 0.05) is 4.90 Å². The van der Waals surface area contributed by atoms with Gasteiger partial charge in [-0.05, 0) is 48.2 Å². The van der Waals surface area contributed by atoms with E-state index >= 15 is 0 Å². The summed E-state index contributed by atoms with van der Waals surface area (Å²) in [5.74, 6) is 0.906. The van der Waals surface area contributed by atoms with E-state index in [0.717, 1.165) is 0 Å². The molecule has 0 amide bonds. The number of rotatable bonds is 3. The maximum absolute atomic E-state index is 12.2. The molecule has 0 aliphatic rings. The quantitative estimate of drug-likeness (QED) is 0.657. The number of para-hydroxylation sites is 2. The third kappa shape index (κ3) is 4.10. The minimum absolute atomic E-state index is 0.112. The van der Waals surface area contributed by atoms with Crippen molar-refractivity contribution in [2.24, 2.45) is 0 Å². The van der Waals surface area contributed by atoms with Crippen molar-refractivity contribution in [3.05, 3.63) is 48.5 Å². The molecule has 0 unspecified atom stereocenters. The second-order valence-electron chi connectivity index (χ2n) is 3.66. The number of ether oxygens (including phenoxy) is 1. The third-order valence-electron chi connectivity index (χ3n) is 2.20. The molecule has 0 aromatic heterocycles. The first-order chi connectivity index (χ1) is 8.94. The molecule has 2 aromatic carbocycles. The van der Waals surface area contributed by atoms with Gasteiger partial charge >= 0.3 is 5.51 Å². The normalized spacial score (nSPS) is 11.3. The molecule has 0 radical (unpaired) electrons. The molecule has 2 aromatic rings. The molecule has 0 atom stereocenters. The van der Waals surface area contributed by atoms with E-state index < -0.39 is 5.51 Å². The lowest BCUT2D eigenvalue weighted by atomic mass is 10.3. The lowest BCUT2D eigenvalue weighted by molar-refractivity contribution is -0.0328. The lowest BCUT2D eigenvalue weighted by Crippen LogP contribution is -1.98. The molecule has 0 heterocycles. The Kier molecular flexibility index (Phi) is 3.90. The topological polar surface area (TPSA) is 35.2 Å². The summed E-state index contributed by atoms with van der Waals surface area (Å²) >= 11 is -0.161. The molecule has 2 N–H and O–H groups in total. The Bertz CT molecular complexity index is 555. The minimum Gasteiger partial charge on any atom is -0.455 e. The fourth-order valence-electron chi connectivity index (χ4n) is 1.41. The zero-order valence-electron chi connectivity index (χ0n) is 9.65. The highest BCUT2D eigenvalue weighted by Crippen LogP contribution is 2.37. The second kappa shape index (κ2) is 5.44. The number of alkyl halides is 3. The first-order valence-corrected chi connectivity index (χ1v) is 6.14. The molecular weight excluding hydrogens is 275 g/mol. The number of anilines is 1. The molecule has 0 bridgehead atoms. The monoisotopic (exact) mass is 285 g/mol. The number of halogens is 3. The van der Waals surface area contributed by atoms with Crippen LogP contribution < -0.4 is 10.5 Å². The van der Waals surface area contributed by atoms with Gasteiger partial charge in [0.1, 0.15) is 11.5 Å². The summed E-state index contributed by atoms with van der Waals surface area (Å²) in [5.41, 5.74) is 1.89. The molecule has 2 rings (SSSR count). The summed E-state index contributed by atoms with van der Waals surface area (Å²) in [5, 5.41) is 0. The van der Waals surface area contributed by atoms with E-state index in [-0.39, 0.29) is 16.7 Å². The van der Waals surface area contributed by atoms with Crippen molar-refractivity contribution >= 4 is 17.4 Å². The van der Waals surface area contributed by atoms with E-state index in [0.29, 0.717) is 17.2 Å². The van der Waals surface area contributed by atoms with Crippen LogP contribution in [0.4, 0.5) is 18.9 Å². The predicted molar refractivity (Wildman–Crippen MR) is 69.3 cm³/mol. The molecule has 0 spiro atoms. The maximum atomic E-state index is 12.2. The van der Waals surface area contributed by atoms with Gasteiger partial charge < -0.3 is 10.5 Å². The number of benzene rings is 2. The number of hydrogen-bond acceptors (Lipinski definition) is 3. The van der Waals surface area contributed by atoms with Crippen LogP contribution in [0.15, 0.2) is 53.4 Å². The molecule has 2 nitrogen and oxygen atoms in total. The Morgan fingerprint density at radius 1 is 0.947 bits per heavy atom. The summed E-state index contributed by atoms with van der Waals surface area (Å²) in [4.78, 5) is 0.112. The fourth-order valence-corrected chi connectivity index (χ4v) is 1.95. The van der Waals surface area contributed by atoms with Crippen molar-refractivity contribution in [2.45, 2.75) is 10.4 Å². The molecule has 0 aliphatic carbocycles. The largest absolute Gasteiger partial charge is 0.455 e. The van der Waals surface area contributed by atoms with E-state index in [1.165, 1.54) is 24.3 Å². The Hall–Kier alpha value is -1.82. The maximum Gasteiger partial charge on any atom is 0.446 e. The summed E-state index contributed by atoms with van der Waals surface area (Å²) in [6, 6.07) is 12.6. The molecule has 6 heteroatoms. The van der Waals surface area contributed by atoms with Crippen LogP contribution >= 0.6 is 11.8 Å². The second-order valence-corrected chi connectivity index (χ2v) is 4.80. The van der Waals surface area contributed by atoms with Gasteiger partial charge in [-0.3, -0.25) is 0 Å². The summed E-state index contributed by atoms with van der Waals surface area (Å²) in [7, 11) is 0. The van der Waals surface area contributed by atoms with Gasteiger partial charge in [0.15, 0.2) is 0 Å². The van der Waals surface area contributed by atoms with Gasteiger partial charge in [-0.25, -0.2) is 0 Å². The van der Waals surface area contributed by atoms with Gasteiger partial charge in [0.25, 0.3) is 0 Å². The van der Waals surface area contributed by atoms with Crippen molar-refractivity contribution in [1.29, 1.82) is 0 Å². The van der Waals surface area contributed by atoms with E-state index in [4.69, 9.17) is 10.5 Å². The van der Waals surface area contributed by atoms with Crippen LogP contribution in [0.3, 0.4) is 0 Å². The average molecular weight is 285 g/mol. The highest BCUT2D eigenvalue weighted by molar-refractivity contribution is 8.00. The van der Waals surface area contributed by atoms with E-state index in [2.05, 4.69) is 0 Å².